The molecule has 0 bridgehead atoms. The lowest BCUT2D eigenvalue weighted by atomic mass is 10.0. The van der Waals surface area contributed by atoms with Crippen LogP contribution in [0.4, 0.5) is 0 Å². The zero-order valence-corrected chi connectivity index (χ0v) is 34.3. The fraction of sp³-hybridized carbons (Fsp3) is 0.950. The Morgan fingerprint density at radius 2 is 0.900 bits per heavy atom. The largest absolute Gasteiger partial charge is 0.756 e. The summed E-state index contributed by atoms with van der Waals surface area (Å²) in [5.41, 5.74) is 0. The van der Waals surface area contributed by atoms with Crippen molar-refractivity contribution in [3.8, 4) is 0 Å². The van der Waals surface area contributed by atoms with E-state index in [1.165, 1.54) is 122 Å². The number of quaternary nitrogens is 1. The summed E-state index contributed by atoms with van der Waals surface area (Å²) in [6.07, 6.45) is 31.3. The maximum absolute atomic E-state index is 12.6. The number of likely N-dealkylation sites (N-methyl/N-ethyl adjacent to an activating group) is 1. The van der Waals surface area contributed by atoms with Crippen LogP contribution >= 0.6 is 7.82 Å². The minimum absolute atomic E-state index is 0.0261. The van der Waals surface area contributed by atoms with Crippen molar-refractivity contribution in [1.29, 1.82) is 0 Å². The van der Waals surface area contributed by atoms with Crippen LogP contribution in [-0.2, 0) is 32.7 Å². The van der Waals surface area contributed by atoms with Gasteiger partial charge in [-0.15, -0.1) is 0 Å². The summed E-state index contributed by atoms with van der Waals surface area (Å²) in [6.45, 7) is 4.22. The molecule has 298 valence electrons. The number of carbonyl (C=O) groups is 2. The van der Waals surface area contributed by atoms with E-state index in [-0.39, 0.29) is 32.0 Å². The summed E-state index contributed by atoms with van der Waals surface area (Å²) in [6, 6.07) is 0. The van der Waals surface area contributed by atoms with Gasteiger partial charge in [0.15, 0.2) is 6.10 Å². The highest BCUT2D eigenvalue weighted by molar-refractivity contribution is 7.45. The van der Waals surface area contributed by atoms with Crippen LogP contribution in [0.5, 0.6) is 0 Å². The van der Waals surface area contributed by atoms with E-state index in [1.54, 1.807) is 0 Å². The maximum Gasteiger partial charge on any atom is 0.306 e. The first-order chi connectivity index (χ1) is 24.0. The number of hydrogen-bond donors (Lipinski definition) is 0. The van der Waals surface area contributed by atoms with E-state index in [4.69, 9.17) is 18.5 Å². The second-order valence-electron chi connectivity index (χ2n) is 15.4. The molecule has 0 aromatic carbocycles. The van der Waals surface area contributed by atoms with Crippen molar-refractivity contribution in [3.63, 3.8) is 0 Å². The highest BCUT2D eigenvalue weighted by atomic mass is 31.2. The quantitative estimate of drug-likeness (QED) is 0.0267. The smallest absolute Gasteiger partial charge is 0.306 e. The van der Waals surface area contributed by atoms with Crippen LogP contribution in [0.1, 0.15) is 194 Å². The molecule has 0 aromatic rings. The number of unbranched alkanes of at least 4 members (excludes halogenated alkanes) is 24. The molecule has 0 spiro atoms. The molecule has 50 heavy (non-hydrogen) atoms. The number of phosphoric acid groups is 1. The van der Waals surface area contributed by atoms with Crippen molar-refractivity contribution in [2.75, 3.05) is 47.5 Å². The Labute approximate surface area is 308 Å². The molecule has 0 aliphatic carbocycles. The first-order valence-corrected chi connectivity index (χ1v) is 22.2. The van der Waals surface area contributed by atoms with E-state index in [9.17, 15) is 19.0 Å². The van der Waals surface area contributed by atoms with Crippen LogP contribution in [0, 0.1) is 0 Å². The van der Waals surface area contributed by atoms with E-state index in [0.29, 0.717) is 17.4 Å². The summed E-state index contributed by atoms with van der Waals surface area (Å²) < 4.78 is 33.8. The Balaban J connectivity index is 4.27. The predicted octanol–water partition coefficient (Wildman–Crippen LogP) is 10.6. The SMILES string of the molecule is CCCCCCCCCCCCCCCCCCCC(=O)OC[C@H](COP(=O)([O-])OCC[N+](C)(C)C)OC(=O)CCCCCCCCCCC. The molecule has 0 heterocycles. The molecular formula is C40H80NO8P. The predicted molar refractivity (Wildman–Crippen MR) is 204 cm³/mol. The van der Waals surface area contributed by atoms with E-state index < -0.39 is 26.5 Å². The van der Waals surface area contributed by atoms with Gasteiger partial charge in [0, 0.05) is 12.8 Å². The van der Waals surface area contributed by atoms with Gasteiger partial charge in [-0.25, -0.2) is 0 Å². The second-order valence-corrected chi connectivity index (χ2v) is 16.8. The van der Waals surface area contributed by atoms with E-state index >= 15 is 0 Å². The minimum atomic E-state index is -4.61. The fourth-order valence-electron chi connectivity index (χ4n) is 5.83. The van der Waals surface area contributed by atoms with E-state index in [1.807, 2.05) is 21.1 Å². The van der Waals surface area contributed by atoms with Gasteiger partial charge in [0.2, 0.25) is 0 Å². The topological polar surface area (TPSA) is 111 Å². The summed E-state index contributed by atoms with van der Waals surface area (Å²) in [7, 11) is 1.18. The molecule has 0 amide bonds. The third-order valence-electron chi connectivity index (χ3n) is 9.13. The van der Waals surface area contributed by atoms with Crippen molar-refractivity contribution < 1.29 is 42.1 Å². The lowest BCUT2D eigenvalue weighted by Gasteiger charge is -2.28. The van der Waals surface area contributed by atoms with Gasteiger partial charge in [-0.3, -0.25) is 14.2 Å². The molecule has 0 aliphatic heterocycles. The second kappa shape index (κ2) is 33.8. The van der Waals surface area contributed by atoms with Crippen molar-refractivity contribution >= 4 is 19.8 Å². The number of rotatable bonds is 38. The van der Waals surface area contributed by atoms with Gasteiger partial charge in [-0.1, -0.05) is 168 Å². The molecule has 0 rings (SSSR count). The molecule has 0 aliphatic rings. The Bertz CT molecular complexity index is 835. The maximum atomic E-state index is 12.6. The first-order valence-electron chi connectivity index (χ1n) is 20.7. The van der Waals surface area contributed by atoms with Gasteiger partial charge in [0.1, 0.15) is 19.8 Å². The van der Waals surface area contributed by atoms with E-state index in [2.05, 4.69) is 13.8 Å². The van der Waals surface area contributed by atoms with Crippen LogP contribution in [0.25, 0.3) is 0 Å². The number of esters is 2. The summed E-state index contributed by atoms with van der Waals surface area (Å²) >= 11 is 0. The van der Waals surface area contributed by atoms with Crippen molar-refractivity contribution in [3.05, 3.63) is 0 Å². The van der Waals surface area contributed by atoms with E-state index in [0.717, 1.165) is 38.5 Å². The van der Waals surface area contributed by atoms with Crippen molar-refractivity contribution in [1.82, 2.24) is 0 Å². The van der Waals surface area contributed by atoms with Crippen LogP contribution in [0.3, 0.4) is 0 Å². The highest BCUT2D eigenvalue weighted by Crippen LogP contribution is 2.38. The van der Waals surface area contributed by atoms with Crippen LogP contribution in [-0.4, -0.2) is 70.0 Å². The molecule has 0 saturated heterocycles. The summed E-state index contributed by atoms with van der Waals surface area (Å²) in [5.74, 6) is -0.826. The number of nitrogens with zero attached hydrogens (tertiary/aromatic N) is 1. The minimum Gasteiger partial charge on any atom is -0.756 e. The van der Waals surface area contributed by atoms with Gasteiger partial charge in [-0.05, 0) is 12.8 Å². The number of carbonyl (C=O) groups excluding carboxylic acids is 2. The summed E-state index contributed by atoms with van der Waals surface area (Å²) in [5, 5.41) is 0. The molecule has 0 N–H and O–H groups in total. The highest BCUT2D eigenvalue weighted by Gasteiger charge is 2.21. The van der Waals surface area contributed by atoms with Gasteiger partial charge in [0.05, 0.1) is 27.7 Å². The average molecular weight is 734 g/mol. The molecule has 10 heteroatoms. The van der Waals surface area contributed by atoms with Crippen LogP contribution < -0.4 is 4.89 Å². The standard InChI is InChI=1S/C40H80NO8P/c1-6-8-10-12-14-16-17-18-19-20-21-22-23-25-26-28-30-32-39(42)46-36-38(37-48-50(44,45)47-35-34-41(3,4)5)49-40(43)33-31-29-27-24-15-13-11-9-7-2/h38H,6-37H2,1-5H3/t38-/m1/s1. The molecular weight excluding hydrogens is 653 g/mol. The van der Waals surface area contributed by atoms with Crippen LogP contribution in [0.15, 0.2) is 0 Å². The third kappa shape index (κ3) is 36.8. The zero-order chi connectivity index (χ0) is 37.2. The molecule has 0 fully saturated rings. The van der Waals surface area contributed by atoms with Gasteiger partial charge >= 0.3 is 11.9 Å². The average Bonchev–Trinajstić information content (AvgIpc) is 3.06. The van der Waals surface area contributed by atoms with Gasteiger partial charge in [-0.2, -0.15) is 0 Å². The number of hydrogen-bond acceptors (Lipinski definition) is 8. The third-order valence-corrected chi connectivity index (χ3v) is 10.1. The molecule has 2 atom stereocenters. The molecule has 0 radical (unpaired) electrons. The summed E-state index contributed by atoms with van der Waals surface area (Å²) in [4.78, 5) is 37.3. The zero-order valence-electron chi connectivity index (χ0n) is 33.4. The Morgan fingerprint density at radius 3 is 1.28 bits per heavy atom. The fourth-order valence-corrected chi connectivity index (χ4v) is 6.56. The number of phosphoric ester groups is 1. The van der Waals surface area contributed by atoms with Gasteiger partial charge < -0.3 is 27.9 Å². The number of ether oxygens (including phenoxy) is 2. The molecule has 0 saturated carbocycles. The molecule has 0 aromatic heterocycles. The van der Waals surface area contributed by atoms with Gasteiger partial charge in [0.25, 0.3) is 7.82 Å². The molecule has 9 nitrogen and oxygen atoms in total. The monoisotopic (exact) mass is 734 g/mol. The Morgan fingerprint density at radius 1 is 0.540 bits per heavy atom. The Kier molecular flexibility index (Phi) is 33.2. The molecule has 1 unspecified atom stereocenters. The van der Waals surface area contributed by atoms with Crippen molar-refractivity contribution in [2.24, 2.45) is 0 Å². The van der Waals surface area contributed by atoms with Crippen LogP contribution in [0.2, 0.25) is 0 Å². The normalized spacial score (nSPS) is 13.6. The lowest BCUT2D eigenvalue weighted by molar-refractivity contribution is -0.870. The van der Waals surface area contributed by atoms with Crippen molar-refractivity contribution in [2.45, 2.75) is 200 Å². The lowest BCUT2D eigenvalue weighted by Crippen LogP contribution is -2.37. The first kappa shape index (κ1) is 49.0. The Hall–Kier alpha value is -0.990.